The van der Waals surface area contributed by atoms with Gasteiger partial charge in [-0.1, -0.05) is 32.9 Å². The lowest BCUT2D eigenvalue weighted by Crippen LogP contribution is -2.41. The van der Waals surface area contributed by atoms with Crippen LogP contribution < -0.4 is 10.1 Å². The number of methoxy groups -OCH3 is 1. The highest BCUT2D eigenvalue weighted by Gasteiger charge is 2.36. The molecule has 1 N–H and O–H groups in total. The van der Waals surface area contributed by atoms with Crippen molar-refractivity contribution >= 4 is 20.2 Å². The maximum Gasteiger partial charge on any atom is 0.356 e. The number of carbonyl (C=O) groups is 2. The molecule has 2 rings (SSSR count). The molecule has 1 unspecified atom stereocenters. The van der Waals surface area contributed by atoms with Crippen LogP contribution in [0.4, 0.5) is 0 Å². The summed E-state index contributed by atoms with van der Waals surface area (Å²) in [5.74, 6) is -0.235. The van der Waals surface area contributed by atoms with Crippen molar-refractivity contribution in [3.8, 4) is 5.75 Å². The van der Waals surface area contributed by atoms with Gasteiger partial charge in [0.15, 0.2) is 14.0 Å². The maximum atomic E-state index is 12.2. The summed E-state index contributed by atoms with van der Waals surface area (Å²) in [6, 6.07) is 8.69. The van der Waals surface area contributed by atoms with E-state index in [0.717, 1.165) is 5.56 Å². The van der Waals surface area contributed by atoms with E-state index in [-0.39, 0.29) is 28.4 Å². The molecular formula is C23H35N3O5Si. The summed E-state index contributed by atoms with van der Waals surface area (Å²) in [6.07, 6.45) is 0. The molecule has 0 saturated carbocycles. The minimum absolute atomic E-state index is 0.148. The molecule has 1 atom stereocenters. The zero-order chi connectivity index (χ0) is 24.1. The lowest BCUT2D eigenvalue weighted by Gasteiger charge is -2.36. The van der Waals surface area contributed by atoms with E-state index >= 15 is 0 Å². The Balaban J connectivity index is 2.15. The Morgan fingerprint density at radius 2 is 1.88 bits per heavy atom. The zero-order valence-corrected chi connectivity index (χ0v) is 21.3. The van der Waals surface area contributed by atoms with Crippen LogP contribution in [0.2, 0.25) is 18.1 Å². The van der Waals surface area contributed by atoms with Crippen LogP contribution in [-0.4, -0.2) is 57.3 Å². The summed E-state index contributed by atoms with van der Waals surface area (Å²) >= 11 is 0. The van der Waals surface area contributed by atoms with Gasteiger partial charge in [-0.15, -0.1) is 0 Å². The van der Waals surface area contributed by atoms with Gasteiger partial charge in [-0.3, -0.25) is 9.48 Å². The highest BCUT2D eigenvalue weighted by atomic mass is 28.4. The second-order valence-electron chi connectivity index (χ2n) is 9.14. The molecule has 0 radical (unpaired) electrons. The molecule has 32 heavy (non-hydrogen) atoms. The molecule has 2 aromatic rings. The molecule has 9 heteroatoms. The predicted molar refractivity (Wildman–Crippen MR) is 126 cm³/mol. The Bertz CT molecular complexity index is 949. The van der Waals surface area contributed by atoms with Crippen LogP contribution in [-0.2, 0) is 9.16 Å². The first-order chi connectivity index (χ1) is 14.9. The molecule has 0 aliphatic heterocycles. The van der Waals surface area contributed by atoms with Crippen molar-refractivity contribution in [2.24, 2.45) is 0 Å². The number of hydrogen-bond donors (Lipinski definition) is 1. The fourth-order valence-electron chi connectivity index (χ4n) is 2.86. The number of nitrogens with zero attached hydrogens (tertiary/aromatic N) is 2. The van der Waals surface area contributed by atoms with Crippen LogP contribution in [0.15, 0.2) is 30.3 Å². The summed E-state index contributed by atoms with van der Waals surface area (Å²) in [7, 11) is 0.993. The zero-order valence-electron chi connectivity index (χ0n) is 20.3. The van der Waals surface area contributed by atoms with Crippen molar-refractivity contribution in [1.82, 2.24) is 15.1 Å². The summed E-state index contributed by atoms with van der Waals surface area (Å²) < 4.78 is 18.4. The van der Waals surface area contributed by atoms with Crippen molar-refractivity contribution in [2.75, 3.05) is 27.4 Å². The second-order valence-corrected chi connectivity index (χ2v) is 13.9. The number of amides is 1. The Morgan fingerprint density at radius 3 is 2.47 bits per heavy atom. The van der Waals surface area contributed by atoms with E-state index in [1.54, 1.807) is 0 Å². The monoisotopic (exact) mass is 461 g/mol. The van der Waals surface area contributed by atoms with Gasteiger partial charge < -0.3 is 19.2 Å². The van der Waals surface area contributed by atoms with Gasteiger partial charge in [-0.2, -0.15) is 5.10 Å². The fourth-order valence-corrected chi connectivity index (χ4v) is 3.89. The second kappa shape index (κ2) is 10.3. The molecule has 8 nitrogen and oxygen atoms in total. The summed E-state index contributed by atoms with van der Waals surface area (Å²) in [4.78, 5) is 24.3. The van der Waals surface area contributed by atoms with Gasteiger partial charge in [0.25, 0.3) is 5.91 Å². The number of ether oxygens (including phenoxy) is 2. The van der Waals surface area contributed by atoms with E-state index in [9.17, 15) is 9.59 Å². The van der Waals surface area contributed by atoms with Crippen molar-refractivity contribution < 1.29 is 23.5 Å². The molecule has 176 valence electrons. The molecule has 1 aromatic carbocycles. The largest absolute Gasteiger partial charge is 0.491 e. The summed E-state index contributed by atoms with van der Waals surface area (Å²) in [5.41, 5.74) is 1.23. The maximum absolute atomic E-state index is 12.2. The Hall–Kier alpha value is -2.65. The molecule has 1 amide bonds. The first-order valence-corrected chi connectivity index (χ1v) is 13.6. The van der Waals surface area contributed by atoms with Crippen LogP contribution in [0.3, 0.4) is 0 Å². The average molecular weight is 462 g/mol. The molecule has 1 heterocycles. The lowest BCUT2D eigenvalue weighted by atomic mass is 10.1. The number of carbonyl (C=O) groups excluding carboxylic acids is 2. The third-order valence-electron chi connectivity index (χ3n) is 5.92. The van der Waals surface area contributed by atoms with Crippen molar-refractivity contribution in [3.63, 3.8) is 0 Å². The normalized spacial score (nSPS) is 12.9. The lowest BCUT2D eigenvalue weighted by molar-refractivity contribution is 0.0585. The first-order valence-electron chi connectivity index (χ1n) is 10.7. The number of benzene rings is 1. The van der Waals surface area contributed by atoms with E-state index in [1.165, 1.54) is 24.9 Å². The quantitative estimate of drug-likeness (QED) is 0.344. The van der Waals surface area contributed by atoms with Gasteiger partial charge >= 0.3 is 5.97 Å². The van der Waals surface area contributed by atoms with E-state index in [2.05, 4.69) is 44.3 Å². The SMILES string of the molecule is CNC(=O)c1cc(C(=O)OC)n(C(C)c2cccc(OCCO[Si](C)(C)C(C)(C)C)c2)n1. The van der Waals surface area contributed by atoms with Gasteiger partial charge in [0.1, 0.15) is 18.1 Å². The molecular weight excluding hydrogens is 426 g/mol. The van der Waals surface area contributed by atoms with Crippen LogP contribution in [0, 0.1) is 0 Å². The minimum Gasteiger partial charge on any atom is -0.491 e. The summed E-state index contributed by atoms with van der Waals surface area (Å²) in [6.45, 7) is 13.9. The van der Waals surface area contributed by atoms with E-state index < -0.39 is 14.3 Å². The number of hydrogen-bond acceptors (Lipinski definition) is 6. The van der Waals surface area contributed by atoms with Gasteiger partial charge in [0, 0.05) is 13.1 Å². The number of rotatable bonds is 9. The predicted octanol–water partition coefficient (Wildman–Crippen LogP) is 4.04. The van der Waals surface area contributed by atoms with Crippen LogP contribution >= 0.6 is 0 Å². The highest BCUT2D eigenvalue weighted by molar-refractivity contribution is 6.74. The van der Waals surface area contributed by atoms with Gasteiger partial charge in [-0.25, -0.2) is 4.79 Å². The molecule has 0 aliphatic rings. The van der Waals surface area contributed by atoms with Crippen LogP contribution in [0.25, 0.3) is 0 Å². The topological polar surface area (TPSA) is 91.7 Å². The number of aromatic nitrogens is 2. The molecule has 0 spiro atoms. The minimum atomic E-state index is -1.82. The van der Waals surface area contributed by atoms with Crippen LogP contribution in [0.5, 0.6) is 5.75 Å². The van der Waals surface area contributed by atoms with E-state index in [1.807, 2.05) is 31.2 Å². The summed E-state index contributed by atoms with van der Waals surface area (Å²) in [5, 5.41) is 7.00. The van der Waals surface area contributed by atoms with Crippen molar-refractivity contribution in [3.05, 3.63) is 47.3 Å². The third kappa shape index (κ3) is 5.98. The average Bonchev–Trinajstić information content (AvgIpc) is 3.20. The van der Waals surface area contributed by atoms with E-state index in [4.69, 9.17) is 13.9 Å². The first kappa shape index (κ1) is 25.6. The Kier molecular flexibility index (Phi) is 8.25. The number of nitrogens with one attached hydrogen (secondary N) is 1. The smallest absolute Gasteiger partial charge is 0.356 e. The van der Waals surface area contributed by atoms with Gasteiger partial charge in [-0.05, 0) is 42.8 Å². The molecule has 0 fully saturated rings. The van der Waals surface area contributed by atoms with Crippen molar-refractivity contribution in [1.29, 1.82) is 0 Å². The fraction of sp³-hybridized carbons (Fsp3) is 0.522. The van der Waals surface area contributed by atoms with E-state index in [0.29, 0.717) is 19.0 Å². The molecule has 0 bridgehead atoms. The molecule has 1 aromatic heterocycles. The molecule has 0 saturated heterocycles. The Labute approximate surface area is 191 Å². The van der Waals surface area contributed by atoms with Gasteiger partial charge in [0.2, 0.25) is 0 Å². The molecule has 0 aliphatic carbocycles. The third-order valence-corrected chi connectivity index (χ3v) is 10.5. The van der Waals surface area contributed by atoms with Gasteiger partial charge in [0.05, 0.1) is 19.8 Å². The highest BCUT2D eigenvalue weighted by Crippen LogP contribution is 2.36. The Morgan fingerprint density at radius 1 is 1.19 bits per heavy atom. The standard InChI is InChI=1S/C23H35N3O5Si/c1-16(26-20(22(28)29-6)15-19(25-26)21(27)24-5)17-10-9-11-18(14-17)30-12-13-31-32(7,8)23(2,3)4/h9-11,14-16H,12-13H2,1-8H3,(H,24,27). The van der Waals surface area contributed by atoms with Crippen molar-refractivity contribution in [2.45, 2.75) is 51.9 Å². The number of esters is 1. The van der Waals surface area contributed by atoms with Crippen LogP contribution in [0.1, 0.15) is 60.3 Å².